The zero-order valence-corrected chi connectivity index (χ0v) is 9.93. The molecule has 84 valence electrons. The van der Waals surface area contributed by atoms with Crippen molar-refractivity contribution in [2.24, 2.45) is 0 Å². The summed E-state index contributed by atoms with van der Waals surface area (Å²) < 4.78 is 0. The highest BCUT2D eigenvalue weighted by Crippen LogP contribution is 2.35. The Morgan fingerprint density at radius 3 is 2.41 bits per heavy atom. The molecule has 0 saturated heterocycles. The molecule has 1 heterocycles. The molecular formula is C16H15N. The molecule has 0 saturated carbocycles. The van der Waals surface area contributed by atoms with Crippen molar-refractivity contribution in [2.75, 3.05) is 11.4 Å². The molecule has 2 aromatic rings. The highest BCUT2D eigenvalue weighted by atomic mass is 15.1. The largest absolute Gasteiger partial charge is 0.337 e. The van der Waals surface area contributed by atoms with Crippen LogP contribution in [0.5, 0.6) is 0 Å². The van der Waals surface area contributed by atoms with Gasteiger partial charge in [-0.2, -0.15) is 0 Å². The van der Waals surface area contributed by atoms with Crippen LogP contribution in [0.1, 0.15) is 12.5 Å². The third kappa shape index (κ3) is 1.74. The predicted molar refractivity (Wildman–Crippen MR) is 73.5 cm³/mol. The van der Waals surface area contributed by atoms with Crippen molar-refractivity contribution >= 4 is 16.9 Å². The summed E-state index contributed by atoms with van der Waals surface area (Å²) >= 11 is 0. The third-order valence-corrected chi connectivity index (χ3v) is 3.27. The molecule has 0 amide bonds. The van der Waals surface area contributed by atoms with Gasteiger partial charge < -0.3 is 4.90 Å². The highest BCUT2D eigenvalue weighted by Gasteiger charge is 2.16. The Balaban J connectivity index is 2.11. The van der Waals surface area contributed by atoms with Crippen LogP contribution in [0.25, 0.3) is 5.57 Å². The second-order valence-corrected chi connectivity index (χ2v) is 4.35. The molecule has 0 aromatic heterocycles. The van der Waals surface area contributed by atoms with Crippen molar-refractivity contribution in [2.45, 2.75) is 6.92 Å². The molecule has 0 aliphatic carbocycles. The number of allylic oxidation sites excluding steroid dienone is 1. The molecule has 3 rings (SSSR count). The average molecular weight is 221 g/mol. The van der Waals surface area contributed by atoms with Crippen LogP contribution < -0.4 is 4.90 Å². The maximum atomic E-state index is 2.35. The molecule has 1 heteroatoms. The van der Waals surface area contributed by atoms with E-state index in [9.17, 15) is 0 Å². The second kappa shape index (κ2) is 4.10. The first kappa shape index (κ1) is 10.2. The number of benzene rings is 2. The van der Waals surface area contributed by atoms with Crippen molar-refractivity contribution < 1.29 is 0 Å². The lowest BCUT2D eigenvalue weighted by molar-refractivity contribution is 1.07. The molecule has 0 spiro atoms. The fraction of sp³-hybridized carbons (Fsp3) is 0.125. The van der Waals surface area contributed by atoms with Gasteiger partial charge in [-0.25, -0.2) is 0 Å². The van der Waals surface area contributed by atoms with Crippen molar-refractivity contribution in [1.82, 2.24) is 0 Å². The second-order valence-electron chi connectivity index (χ2n) is 4.35. The summed E-state index contributed by atoms with van der Waals surface area (Å²) in [6, 6.07) is 19.1. The van der Waals surface area contributed by atoms with Crippen LogP contribution in [0, 0.1) is 0 Å². The highest BCUT2D eigenvalue weighted by molar-refractivity contribution is 5.83. The minimum absolute atomic E-state index is 0.951. The van der Waals surface area contributed by atoms with Crippen molar-refractivity contribution in [3.05, 3.63) is 66.2 Å². The van der Waals surface area contributed by atoms with Gasteiger partial charge in [-0.15, -0.1) is 0 Å². The lowest BCUT2D eigenvalue weighted by Crippen LogP contribution is -2.21. The van der Waals surface area contributed by atoms with Crippen LogP contribution in [0.2, 0.25) is 0 Å². The van der Waals surface area contributed by atoms with E-state index in [2.05, 4.69) is 72.5 Å². The van der Waals surface area contributed by atoms with E-state index in [4.69, 9.17) is 0 Å². The Labute approximate surface area is 102 Å². The van der Waals surface area contributed by atoms with E-state index in [0.29, 0.717) is 0 Å². The zero-order chi connectivity index (χ0) is 11.7. The van der Waals surface area contributed by atoms with Gasteiger partial charge in [0.25, 0.3) is 0 Å². The first-order valence-corrected chi connectivity index (χ1v) is 5.95. The average Bonchev–Trinajstić information content (AvgIpc) is 2.41. The lowest BCUT2D eigenvalue weighted by Gasteiger charge is -2.30. The van der Waals surface area contributed by atoms with E-state index >= 15 is 0 Å². The smallest absolute Gasteiger partial charge is 0.0489 e. The van der Waals surface area contributed by atoms with Crippen LogP contribution in [-0.4, -0.2) is 6.54 Å². The Kier molecular flexibility index (Phi) is 2.45. The number of hydrogen-bond acceptors (Lipinski definition) is 1. The van der Waals surface area contributed by atoms with E-state index in [1.165, 1.54) is 22.5 Å². The lowest BCUT2D eigenvalue weighted by atomic mass is 10.00. The molecule has 0 unspecified atom stereocenters. The zero-order valence-electron chi connectivity index (χ0n) is 9.93. The van der Waals surface area contributed by atoms with Crippen LogP contribution in [-0.2, 0) is 0 Å². The quantitative estimate of drug-likeness (QED) is 0.696. The van der Waals surface area contributed by atoms with Gasteiger partial charge in [-0.05, 0) is 30.7 Å². The van der Waals surface area contributed by atoms with Gasteiger partial charge in [-0.1, -0.05) is 42.5 Å². The third-order valence-electron chi connectivity index (χ3n) is 3.27. The predicted octanol–water partition coefficient (Wildman–Crippen LogP) is 4.24. The van der Waals surface area contributed by atoms with Gasteiger partial charge in [0.2, 0.25) is 0 Å². The van der Waals surface area contributed by atoms with Gasteiger partial charge in [0.05, 0.1) is 0 Å². The molecule has 1 aliphatic rings. The molecular weight excluding hydrogens is 206 g/mol. The topological polar surface area (TPSA) is 3.24 Å². The van der Waals surface area contributed by atoms with Crippen molar-refractivity contribution in [1.29, 1.82) is 0 Å². The van der Waals surface area contributed by atoms with E-state index in [0.717, 1.165) is 6.54 Å². The van der Waals surface area contributed by atoms with Crippen LogP contribution in [0.15, 0.2) is 60.7 Å². The molecule has 0 bridgehead atoms. The maximum absolute atomic E-state index is 2.35. The minimum Gasteiger partial charge on any atom is -0.337 e. The molecule has 0 N–H and O–H groups in total. The van der Waals surface area contributed by atoms with E-state index in [-0.39, 0.29) is 0 Å². The Morgan fingerprint density at radius 1 is 0.882 bits per heavy atom. The normalized spacial score (nSPS) is 14.2. The maximum Gasteiger partial charge on any atom is 0.0489 e. The number of para-hydroxylation sites is 2. The summed E-state index contributed by atoms with van der Waals surface area (Å²) in [4.78, 5) is 2.35. The summed E-state index contributed by atoms with van der Waals surface area (Å²) in [5.41, 5.74) is 5.26. The van der Waals surface area contributed by atoms with Gasteiger partial charge in [0.15, 0.2) is 0 Å². The molecule has 0 atom stereocenters. The van der Waals surface area contributed by atoms with Crippen LogP contribution in [0.4, 0.5) is 11.4 Å². The molecule has 0 fully saturated rings. The number of rotatable bonds is 1. The fourth-order valence-corrected chi connectivity index (χ4v) is 2.33. The fourth-order valence-electron chi connectivity index (χ4n) is 2.33. The van der Waals surface area contributed by atoms with E-state index < -0.39 is 0 Å². The van der Waals surface area contributed by atoms with Gasteiger partial charge in [0.1, 0.15) is 0 Å². The summed E-state index contributed by atoms with van der Waals surface area (Å²) in [5.74, 6) is 0. The summed E-state index contributed by atoms with van der Waals surface area (Å²) in [6.45, 7) is 3.13. The summed E-state index contributed by atoms with van der Waals surface area (Å²) in [6.07, 6.45) is 2.29. The van der Waals surface area contributed by atoms with Crippen LogP contribution in [0.3, 0.4) is 0 Å². The first-order chi connectivity index (χ1) is 8.36. The monoisotopic (exact) mass is 221 g/mol. The molecule has 1 aliphatic heterocycles. The summed E-state index contributed by atoms with van der Waals surface area (Å²) in [7, 11) is 0. The number of anilines is 2. The van der Waals surface area contributed by atoms with Crippen LogP contribution >= 0.6 is 0 Å². The van der Waals surface area contributed by atoms with Gasteiger partial charge in [0, 0.05) is 23.5 Å². The standard InChI is InChI=1S/C16H15N/c1-13-11-12-17(14-7-3-2-4-8-14)16-10-6-5-9-15(13)16/h2-11H,12H2,1H3. The first-order valence-electron chi connectivity index (χ1n) is 5.95. The van der Waals surface area contributed by atoms with Crippen molar-refractivity contribution in [3.8, 4) is 0 Å². The molecule has 0 radical (unpaired) electrons. The van der Waals surface area contributed by atoms with Gasteiger partial charge >= 0.3 is 0 Å². The Morgan fingerprint density at radius 2 is 1.59 bits per heavy atom. The van der Waals surface area contributed by atoms with E-state index in [1.807, 2.05) is 0 Å². The SMILES string of the molecule is CC1=CCN(c2ccccc2)c2ccccc21. The molecule has 1 nitrogen and oxygen atoms in total. The minimum atomic E-state index is 0.951. The number of fused-ring (bicyclic) bond motifs is 1. The Hall–Kier alpha value is -2.02. The van der Waals surface area contributed by atoms with Gasteiger partial charge in [-0.3, -0.25) is 0 Å². The van der Waals surface area contributed by atoms with E-state index in [1.54, 1.807) is 0 Å². The number of nitrogens with zero attached hydrogens (tertiary/aromatic N) is 1. The molecule has 17 heavy (non-hydrogen) atoms. The summed E-state index contributed by atoms with van der Waals surface area (Å²) in [5, 5.41) is 0. The van der Waals surface area contributed by atoms with Crippen molar-refractivity contribution in [3.63, 3.8) is 0 Å². The molecule has 2 aromatic carbocycles. The Bertz CT molecular complexity index is 555. The number of hydrogen-bond donors (Lipinski definition) is 0.